The molecule has 4 heteroatoms. The van der Waals surface area contributed by atoms with Crippen LogP contribution in [0.25, 0.3) is 0 Å². The molecule has 0 saturated carbocycles. The molecule has 2 rings (SSSR count). The second-order valence-electron chi connectivity index (χ2n) is 3.09. The molecule has 14 heavy (non-hydrogen) atoms. The molecule has 1 aromatic rings. The van der Waals surface area contributed by atoms with E-state index in [1.54, 1.807) is 12.1 Å². The fourth-order valence-corrected chi connectivity index (χ4v) is 1.25. The number of amides is 1. The largest absolute Gasteiger partial charge is 0.577 e. The smallest absolute Gasteiger partial charge is 0.128 e. The van der Waals surface area contributed by atoms with Gasteiger partial charge in [0.25, 0.3) is 0 Å². The second-order valence-corrected chi connectivity index (χ2v) is 3.09. The summed E-state index contributed by atoms with van der Waals surface area (Å²) in [6.07, 6.45) is 2.20. The van der Waals surface area contributed by atoms with Crippen molar-refractivity contribution >= 4 is 18.0 Å². The van der Waals surface area contributed by atoms with E-state index in [4.69, 9.17) is 10.5 Å². The minimum atomic E-state index is -0.515. The summed E-state index contributed by atoms with van der Waals surface area (Å²) in [5, 5.41) is 0. The number of carbonyl (C=O) groups excluding carboxylic acids is 1. The van der Waals surface area contributed by atoms with E-state index in [1.807, 2.05) is 12.1 Å². The van der Waals surface area contributed by atoms with Gasteiger partial charge in [-0.15, -0.1) is 0 Å². The van der Waals surface area contributed by atoms with Crippen molar-refractivity contribution < 1.29 is 9.53 Å². The summed E-state index contributed by atoms with van der Waals surface area (Å²) in [5.74, 6) is -0.276. The van der Waals surface area contributed by atoms with Crippen molar-refractivity contribution in [3.8, 4) is 0 Å². The Morgan fingerprint density at radius 1 is 1.43 bits per heavy atom. The zero-order chi connectivity index (χ0) is 9.97. The van der Waals surface area contributed by atoms with E-state index in [0.717, 1.165) is 5.56 Å². The van der Waals surface area contributed by atoms with E-state index in [-0.39, 0.29) is 5.91 Å². The first-order valence-electron chi connectivity index (χ1n) is 4.25. The minimum absolute atomic E-state index is 0.276. The maximum Gasteiger partial charge on any atom is 0.128 e. The standard InChI is InChI=1S/C10H9N2O2/c11-8-3-1-7(2-4-8)5-9-10(13)12-6-14-9/h1-4,9H,5,11H2/q-1. The molecule has 4 nitrogen and oxygen atoms in total. The molecule has 0 radical (unpaired) electrons. The molecule has 1 unspecified atom stereocenters. The zero-order valence-electron chi connectivity index (χ0n) is 7.43. The van der Waals surface area contributed by atoms with Gasteiger partial charge in [0, 0.05) is 12.1 Å². The number of hydrogen-bond donors (Lipinski definition) is 1. The van der Waals surface area contributed by atoms with Crippen LogP contribution in [-0.4, -0.2) is 18.4 Å². The fourth-order valence-electron chi connectivity index (χ4n) is 1.25. The van der Waals surface area contributed by atoms with Crippen molar-refractivity contribution in [1.82, 2.24) is 0 Å². The van der Waals surface area contributed by atoms with E-state index in [0.29, 0.717) is 12.1 Å². The fraction of sp³-hybridized carbons (Fsp3) is 0.200. The van der Waals surface area contributed by atoms with Gasteiger partial charge in [-0.3, -0.25) is 0 Å². The van der Waals surface area contributed by atoms with Crippen LogP contribution in [0.15, 0.2) is 29.3 Å². The van der Waals surface area contributed by atoms with Gasteiger partial charge in [-0.05, 0) is 24.1 Å². The molecule has 1 atom stereocenters. The van der Waals surface area contributed by atoms with E-state index in [9.17, 15) is 4.79 Å². The van der Waals surface area contributed by atoms with Gasteiger partial charge in [-0.25, -0.2) is 0 Å². The molecule has 1 aromatic carbocycles. The van der Waals surface area contributed by atoms with Gasteiger partial charge in [0.05, 0.1) is 6.10 Å². The maximum atomic E-state index is 11.1. The number of ether oxygens (including phenoxy) is 1. The van der Waals surface area contributed by atoms with Crippen LogP contribution in [0.5, 0.6) is 0 Å². The van der Waals surface area contributed by atoms with E-state index >= 15 is 0 Å². The Morgan fingerprint density at radius 2 is 2.14 bits per heavy atom. The van der Waals surface area contributed by atoms with Crippen LogP contribution < -0.4 is 5.73 Å². The summed E-state index contributed by atoms with van der Waals surface area (Å²) in [7, 11) is 0. The second kappa shape index (κ2) is 3.49. The van der Waals surface area contributed by atoms with Gasteiger partial charge in [0.1, 0.15) is 5.91 Å². The van der Waals surface area contributed by atoms with Crippen molar-refractivity contribution in [3.63, 3.8) is 0 Å². The van der Waals surface area contributed by atoms with Crippen molar-refractivity contribution in [3.05, 3.63) is 29.8 Å². The first-order valence-corrected chi connectivity index (χ1v) is 4.25. The van der Waals surface area contributed by atoms with Crippen LogP contribution in [0.3, 0.4) is 0 Å². The highest BCUT2D eigenvalue weighted by Crippen LogP contribution is 2.12. The molecule has 1 aliphatic heterocycles. The first kappa shape index (κ1) is 8.74. The Bertz CT molecular complexity index is 370. The third kappa shape index (κ3) is 1.74. The lowest BCUT2D eigenvalue weighted by molar-refractivity contribution is -0.122. The molecule has 1 amide bonds. The number of aliphatic imine (C=N–C) groups is 1. The van der Waals surface area contributed by atoms with E-state index in [2.05, 4.69) is 11.4 Å². The molecule has 0 aromatic heterocycles. The van der Waals surface area contributed by atoms with Gasteiger partial charge >= 0.3 is 0 Å². The van der Waals surface area contributed by atoms with Crippen molar-refractivity contribution in [2.24, 2.45) is 4.99 Å². The third-order valence-corrected chi connectivity index (χ3v) is 2.03. The maximum absolute atomic E-state index is 11.1. The average molecular weight is 189 g/mol. The molecule has 0 aliphatic carbocycles. The highest BCUT2D eigenvalue weighted by molar-refractivity contribution is 5.91. The number of rotatable bonds is 2. The van der Waals surface area contributed by atoms with Crippen molar-refractivity contribution in [1.29, 1.82) is 0 Å². The highest BCUT2D eigenvalue weighted by Gasteiger charge is 2.13. The lowest BCUT2D eigenvalue weighted by Gasteiger charge is -2.13. The number of benzene rings is 1. The van der Waals surface area contributed by atoms with Crippen LogP contribution >= 0.6 is 0 Å². The van der Waals surface area contributed by atoms with E-state index < -0.39 is 6.10 Å². The molecule has 1 heterocycles. The molecule has 0 fully saturated rings. The highest BCUT2D eigenvalue weighted by atomic mass is 16.5. The van der Waals surface area contributed by atoms with Gasteiger partial charge in [-0.2, -0.15) is 0 Å². The Balaban J connectivity index is 2.04. The van der Waals surface area contributed by atoms with Crippen molar-refractivity contribution in [2.75, 3.05) is 5.73 Å². The predicted octanol–water partition coefficient (Wildman–Crippen LogP) is 0.642. The number of nitrogen functional groups attached to an aromatic ring is 1. The molecule has 2 N–H and O–H groups in total. The van der Waals surface area contributed by atoms with Crippen molar-refractivity contribution in [2.45, 2.75) is 12.5 Å². The summed E-state index contributed by atoms with van der Waals surface area (Å²) < 4.78 is 4.90. The lowest BCUT2D eigenvalue weighted by Crippen LogP contribution is -2.19. The Hall–Kier alpha value is -1.84. The summed E-state index contributed by atoms with van der Waals surface area (Å²) in [6.45, 7) is 0. The molecule has 72 valence electrons. The molecular weight excluding hydrogens is 180 g/mol. The summed E-state index contributed by atoms with van der Waals surface area (Å²) in [6, 6.07) is 7.31. The Morgan fingerprint density at radius 3 is 2.71 bits per heavy atom. The molecular formula is C10H9N2O2-. The molecule has 0 bridgehead atoms. The number of anilines is 1. The van der Waals surface area contributed by atoms with Crippen LogP contribution in [0.2, 0.25) is 0 Å². The molecule has 0 saturated heterocycles. The predicted molar refractivity (Wildman–Crippen MR) is 51.9 cm³/mol. The van der Waals surface area contributed by atoms with E-state index in [1.165, 1.54) is 0 Å². The monoisotopic (exact) mass is 189 g/mol. The zero-order valence-corrected chi connectivity index (χ0v) is 7.43. The number of nitrogens with two attached hydrogens (primary N) is 1. The molecule has 1 aliphatic rings. The molecule has 0 spiro atoms. The van der Waals surface area contributed by atoms with Crippen LogP contribution in [-0.2, 0) is 16.0 Å². The summed E-state index contributed by atoms with van der Waals surface area (Å²) in [4.78, 5) is 14.5. The van der Waals surface area contributed by atoms with Crippen LogP contribution in [0, 0.1) is 0 Å². The Labute approximate surface area is 81.4 Å². The Kier molecular flexibility index (Phi) is 2.18. The topological polar surface area (TPSA) is 64.7 Å². The summed E-state index contributed by atoms with van der Waals surface area (Å²) >= 11 is 0. The minimum Gasteiger partial charge on any atom is -0.577 e. The normalized spacial score (nSPS) is 19.7. The first-order chi connectivity index (χ1) is 6.75. The number of nitrogens with zero attached hydrogens (tertiary/aromatic N) is 1. The van der Waals surface area contributed by atoms with Crippen LogP contribution in [0.1, 0.15) is 5.56 Å². The van der Waals surface area contributed by atoms with Gasteiger partial charge < -0.3 is 20.3 Å². The SMILES string of the molecule is Nc1ccc(CC2O[C-]=NC2=O)cc1. The number of hydrogen-bond acceptors (Lipinski definition) is 3. The van der Waals surface area contributed by atoms with Crippen LogP contribution in [0.4, 0.5) is 5.69 Å². The quantitative estimate of drug-likeness (QED) is 0.548. The number of carbonyl (C=O) groups is 1. The van der Waals surface area contributed by atoms with Gasteiger partial charge in [-0.1, -0.05) is 12.1 Å². The summed E-state index contributed by atoms with van der Waals surface area (Å²) in [5.41, 5.74) is 7.23. The average Bonchev–Trinajstić information content (AvgIpc) is 2.56. The lowest BCUT2D eigenvalue weighted by atomic mass is 10.1. The third-order valence-electron chi connectivity index (χ3n) is 2.03. The van der Waals surface area contributed by atoms with Gasteiger partial charge in [0.15, 0.2) is 0 Å². The van der Waals surface area contributed by atoms with Gasteiger partial charge in [0.2, 0.25) is 0 Å².